The van der Waals surface area contributed by atoms with Gasteiger partial charge in [-0.3, -0.25) is 4.79 Å². The Morgan fingerprint density at radius 2 is 1.97 bits per heavy atom. The number of rotatable bonds is 4. The van der Waals surface area contributed by atoms with Crippen molar-refractivity contribution < 1.29 is 4.79 Å². The van der Waals surface area contributed by atoms with Crippen molar-refractivity contribution in [1.82, 2.24) is 24.8 Å². The molecular weight excluding hydrogens is 388 g/mol. The summed E-state index contributed by atoms with van der Waals surface area (Å²) in [5.74, 6) is 1.56. The largest absolute Gasteiger partial charge is 0.362 e. The lowest BCUT2D eigenvalue weighted by molar-refractivity contribution is 0.0793. The van der Waals surface area contributed by atoms with Crippen LogP contribution in [0.15, 0.2) is 42.7 Å². The van der Waals surface area contributed by atoms with E-state index in [-0.39, 0.29) is 5.91 Å². The minimum absolute atomic E-state index is 0.0680. The van der Waals surface area contributed by atoms with Gasteiger partial charge < -0.3 is 15.2 Å². The van der Waals surface area contributed by atoms with Gasteiger partial charge in [0.25, 0.3) is 5.91 Å². The molecule has 0 unspecified atom stereocenters. The number of halogens is 1. The Morgan fingerprint density at radius 3 is 2.83 bits per heavy atom. The maximum absolute atomic E-state index is 12.6. The third kappa shape index (κ3) is 3.49. The number of likely N-dealkylation sites (tertiary alicyclic amines) is 1. The highest BCUT2D eigenvalue weighted by Gasteiger charge is 2.20. The summed E-state index contributed by atoms with van der Waals surface area (Å²) in [4.78, 5) is 31.1. The molecule has 5 rings (SSSR count). The fourth-order valence-electron chi connectivity index (χ4n) is 3.72. The molecule has 2 aromatic heterocycles. The third-order valence-electron chi connectivity index (χ3n) is 5.19. The van der Waals surface area contributed by atoms with Crippen LogP contribution < -0.4 is 5.32 Å². The molecule has 8 heteroatoms. The first-order chi connectivity index (χ1) is 14.2. The van der Waals surface area contributed by atoms with Gasteiger partial charge in [0.1, 0.15) is 18.0 Å². The van der Waals surface area contributed by atoms with Crippen molar-refractivity contribution >= 4 is 45.3 Å². The molecule has 2 aromatic carbocycles. The first-order valence-electron chi connectivity index (χ1n) is 9.59. The van der Waals surface area contributed by atoms with Gasteiger partial charge in [-0.05, 0) is 49.2 Å². The molecule has 3 heterocycles. The first-order valence-corrected chi connectivity index (χ1v) is 9.97. The van der Waals surface area contributed by atoms with E-state index < -0.39 is 0 Å². The molecule has 7 nitrogen and oxygen atoms in total. The van der Waals surface area contributed by atoms with E-state index in [0.29, 0.717) is 22.9 Å². The second kappa shape index (κ2) is 7.33. The van der Waals surface area contributed by atoms with E-state index in [1.807, 2.05) is 41.3 Å². The molecular formula is C21H19ClN6O. The van der Waals surface area contributed by atoms with Gasteiger partial charge in [0, 0.05) is 29.1 Å². The number of carbonyl (C=O) groups excluding carboxylic acids is 1. The number of nitrogens with zero attached hydrogens (tertiary/aromatic N) is 4. The molecule has 2 N–H and O–H groups in total. The second-order valence-corrected chi connectivity index (χ2v) is 7.59. The summed E-state index contributed by atoms with van der Waals surface area (Å²) >= 11 is 6.03. The van der Waals surface area contributed by atoms with Crippen LogP contribution >= 0.6 is 11.6 Å². The molecule has 0 spiro atoms. The fourth-order valence-corrected chi connectivity index (χ4v) is 3.88. The molecule has 146 valence electrons. The van der Waals surface area contributed by atoms with Gasteiger partial charge in [0.15, 0.2) is 0 Å². The molecule has 4 aromatic rings. The number of benzene rings is 2. The van der Waals surface area contributed by atoms with Gasteiger partial charge in [-0.2, -0.15) is 0 Å². The summed E-state index contributed by atoms with van der Waals surface area (Å²) in [7, 11) is 0. The van der Waals surface area contributed by atoms with Crippen molar-refractivity contribution in [2.24, 2.45) is 0 Å². The molecule has 1 aliphatic heterocycles. The second-order valence-electron chi connectivity index (χ2n) is 7.15. The Bertz CT molecular complexity index is 1210. The zero-order chi connectivity index (χ0) is 19.8. The monoisotopic (exact) mass is 406 g/mol. The van der Waals surface area contributed by atoms with Crippen LogP contribution in [0.25, 0.3) is 21.9 Å². The van der Waals surface area contributed by atoms with E-state index in [1.54, 1.807) is 0 Å². The Balaban J connectivity index is 1.38. The molecule has 0 radical (unpaired) electrons. The lowest BCUT2D eigenvalue weighted by Gasteiger charge is -2.15. The van der Waals surface area contributed by atoms with E-state index in [9.17, 15) is 4.79 Å². The van der Waals surface area contributed by atoms with Crippen LogP contribution in [0, 0.1) is 0 Å². The summed E-state index contributed by atoms with van der Waals surface area (Å²) in [6.07, 6.45) is 3.65. The number of aromatic nitrogens is 4. The molecule has 0 aliphatic carbocycles. The summed E-state index contributed by atoms with van der Waals surface area (Å²) < 4.78 is 0. The minimum Gasteiger partial charge on any atom is -0.362 e. The van der Waals surface area contributed by atoms with Crippen LogP contribution in [0.2, 0.25) is 5.02 Å². The number of amides is 1. The highest BCUT2D eigenvalue weighted by atomic mass is 35.5. The van der Waals surface area contributed by atoms with Crippen molar-refractivity contribution in [3.05, 3.63) is 59.1 Å². The van der Waals surface area contributed by atoms with Gasteiger partial charge in [-0.15, -0.1) is 0 Å². The van der Waals surface area contributed by atoms with E-state index in [1.165, 1.54) is 6.33 Å². The number of nitrogens with one attached hydrogen (secondary N) is 2. The predicted octanol–water partition coefficient (Wildman–Crippen LogP) is 4.01. The minimum atomic E-state index is 0.0680. The number of hydrogen-bond donors (Lipinski definition) is 2. The maximum atomic E-state index is 12.6. The lowest BCUT2D eigenvalue weighted by Crippen LogP contribution is -2.27. The Hall–Kier alpha value is -3.19. The zero-order valence-electron chi connectivity index (χ0n) is 15.7. The third-order valence-corrected chi connectivity index (χ3v) is 5.43. The van der Waals surface area contributed by atoms with Crippen LogP contribution in [0.4, 0.5) is 5.82 Å². The molecule has 0 bridgehead atoms. The summed E-state index contributed by atoms with van der Waals surface area (Å²) in [6.45, 7) is 2.14. The Labute approximate surface area is 172 Å². The maximum Gasteiger partial charge on any atom is 0.253 e. The molecule has 0 atom stereocenters. The summed E-state index contributed by atoms with van der Waals surface area (Å²) in [5.41, 5.74) is 3.16. The van der Waals surface area contributed by atoms with E-state index in [2.05, 4.69) is 25.3 Å². The van der Waals surface area contributed by atoms with Crippen LogP contribution in [0.1, 0.15) is 29.0 Å². The number of carbonyl (C=O) groups is 1. The number of H-pyrrole nitrogens is 1. The Kier molecular flexibility index (Phi) is 4.52. The number of imidazole rings is 1. The van der Waals surface area contributed by atoms with Gasteiger partial charge >= 0.3 is 0 Å². The number of aromatic amines is 1. The first kappa shape index (κ1) is 17.9. The molecule has 1 aliphatic rings. The van der Waals surface area contributed by atoms with Crippen LogP contribution in [0.5, 0.6) is 0 Å². The fraction of sp³-hybridized carbons (Fsp3) is 0.238. The number of hydrogen-bond acceptors (Lipinski definition) is 5. The summed E-state index contributed by atoms with van der Waals surface area (Å²) in [5, 5.41) is 4.83. The molecule has 1 fully saturated rings. The van der Waals surface area contributed by atoms with Gasteiger partial charge in [0.2, 0.25) is 0 Å². The zero-order valence-corrected chi connectivity index (χ0v) is 16.4. The van der Waals surface area contributed by atoms with Crippen molar-refractivity contribution in [2.75, 3.05) is 18.4 Å². The van der Waals surface area contributed by atoms with E-state index in [4.69, 9.17) is 11.6 Å². The highest BCUT2D eigenvalue weighted by Crippen LogP contribution is 2.23. The standard InChI is InChI=1S/C21H19ClN6O/c22-14-4-6-16-18(10-14)27-19(26-16)11-23-20-15-5-3-13(9-17(15)24-12-25-20)21(29)28-7-1-2-8-28/h3-6,9-10,12H,1-2,7-8,11H2,(H,26,27)(H,23,24,25). The van der Waals surface area contributed by atoms with Gasteiger partial charge in [-0.25, -0.2) is 15.0 Å². The summed E-state index contributed by atoms with van der Waals surface area (Å²) in [6, 6.07) is 11.2. The number of fused-ring (bicyclic) bond motifs is 2. The Morgan fingerprint density at radius 1 is 1.10 bits per heavy atom. The molecule has 1 amide bonds. The average Bonchev–Trinajstić information content (AvgIpc) is 3.40. The predicted molar refractivity (Wildman–Crippen MR) is 113 cm³/mol. The van der Waals surface area contributed by atoms with Crippen molar-refractivity contribution in [1.29, 1.82) is 0 Å². The normalized spacial score (nSPS) is 14.0. The quantitative estimate of drug-likeness (QED) is 0.534. The smallest absolute Gasteiger partial charge is 0.253 e. The topological polar surface area (TPSA) is 86.8 Å². The molecule has 1 saturated heterocycles. The van der Waals surface area contributed by atoms with Gasteiger partial charge in [0.05, 0.1) is 23.1 Å². The van der Waals surface area contributed by atoms with Crippen molar-refractivity contribution in [2.45, 2.75) is 19.4 Å². The van der Waals surface area contributed by atoms with Crippen LogP contribution in [-0.2, 0) is 6.54 Å². The van der Waals surface area contributed by atoms with Crippen LogP contribution in [-0.4, -0.2) is 43.8 Å². The lowest BCUT2D eigenvalue weighted by atomic mass is 10.1. The molecule has 0 saturated carbocycles. The van der Waals surface area contributed by atoms with Crippen molar-refractivity contribution in [3.8, 4) is 0 Å². The number of anilines is 1. The highest BCUT2D eigenvalue weighted by molar-refractivity contribution is 6.31. The van der Waals surface area contributed by atoms with E-state index >= 15 is 0 Å². The average molecular weight is 407 g/mol. The van der Waals surface area contributed by atoms with Crippen LogP contribution in [0.3, 0.4) is 0 Å². The van der Waals surface area contributed by atoms with Gasteiger partial charge in [-0.1, -0.05) is 11.6 Å². The van der Waals surface area contributed by atoms with Crippen molar-refractivity contribution in [3.63, 3.8) is 0 Å². The molecule has 29 heavy (non-hydrogen) atoms. The SMILES string of the molecule is O=C(c1ccc2c(NCc3nc4cc(Cl)ccc4[nH]3)ncnc2c1)N1CCCC1. The van der Waals surface area contributed by atoms with E-state index in [0.717, 1.165) is 53.7 Å².